The number of nitrogens with zero attached hydrogens (tertiary/aromatic N) is 2. The van der Waals surface area contributed by atoms with Gasteiger partial charge in [-0.15, -0.1) is 0 Å². The van der Waals surface area contributed by atoms with Crippen molar-refractivity contribution < 1.29 is 24.0 Å². The van der Waals surface area contributed by atoms with Crippen molar-refractivity contribution >= 4 is 29.2 Å². The van der Waals surface area contributed by atoms with Gasteiger partial charge in [0.2, 0.25) is 5.91 Å². The number of carbonyl (C=O) groups excluding carboxylic acids is 3. The van der Waals surface area contributed by atoms with Crippen LogP contribution in [0.5, 0.6) is 0 Å². The molecule has 2 aliphatic rings. The van der Waals surface area contributed by atoms with Gasteiger partial charge >= 0.3 is 5.97 Å². The van der Waals surface area contributed by atoms with Crippen LogP contribution in [0.1, 0.15) is 37.7 Å². The van der Waals surface area contributed by atoms with E-state index in [-0.39, 0.29) is 29.7 Å². The van der Waals surface area contributed by atoms with Gasteiger partial charge < -0.3 is 15.0 Å². The second kappa shape index (κ2) is 8.37. The summed E-state index contributed by atoms with van der Waals surface area (Å²) in [5.41, 5.74) is 0.382. The Kier molecular flexibility index (Phi) is 5.91. The molecule has 1 atom stereocenters. The number of nitro groups is 1. The molecule has 2 amide bonds. The molecule has 1 aliphatic heterocycles. The molecule has 0 spiro atoms. The number of benzene rings is 1. The predicted molar refractivity (Wildman–Crippen MR) is 99.5 cm³/mol. The lowest BCUT2D eigenvalue weighted by atomic mass is 10.1. The van der Waals surface area contributed by atoms with Gasteiger partial charge in [-0.1, -0.05) is 25.0 Å². The second-order valence-electron chi connectivity index (χ2n) is 7.27. The molecular weight excluding hydrogens is 366 g/mol. The first-order chi connectivity index (χ1) is 13.4. The molecule has 1 aromatic carbocycles. The molecule has 0 unspecified atom stereocenters. The van der Waals surface area contributed by atoms with Crippen molar-refractivity contribution in [3.05, 3.63) is 33.9 Å². The van der Waals surface area contributed by atoms with E-state index in [1.54, 1.807) is 17.9 Å². The minimum Gasteiger partial charge on any atom is -0.455 e. The van der Waals surface area contributed by atoms with Gasteiger partial charge in [0.1, 0.15) is 5.69 Å². The average Bonchev–Trinajstić information content (AvgIpc) is 3.30. The highest BCUT2D eigenvalue weighted by atomic mass is 16.6. The van der Waals surface area contributed by atoms with Crippen LogP contribution in [-0.4, -0.2) is 46.8 Å². The van der Waals surface area contributed by atoms with Gasteiger partial charge in [-0.3, -0.25) is 24.5 Å². The Labute approximate surface area is 162 Å². The Morgan fingerprint density at radius 3 is 2.71 bits per heavy atom. The SMILES string of the molecule is Cc1cccc([N+](=O)[O-])c1NC(=O)COC(=O)[C@H]1CC(=O)N(C2CCCC2)C1. The number of hydrogen-bond acceptors (Lipinski definition) is 6. The molecule has 150 valence electrons. The van der Waals surface area contributed by atoms with Crippen molar-refractivity contribution in [3.63, 3.8) is 0 Å². The average molecular weight is 389 g/mol. The smallest absolute Gasteiger partial charge is 0.311 e. The maximum Gasteiger partial charge on any atom is 0.311 e. The minimum absolute atomic E-state index is 0.0474. The van der Waals surface area contributed by atoms with Crippen LogP contribution in [-0.2, 0) is 19.1 Å². The van der Waals surface area contributed by atoms with E-state index in [1.165, 1.54) is 12.1 Å². The molecule has 1 aromatic rings. The second-order valence-corrected chi connectivity index (χ2v) is 7.27. The topological polar surface area (TPSA) is 119 Å². The van der Waals surface area contributed by atoms with Gasteiger partial charge in [0, 0.05) is 25.1 Å². The van der Waals surface area contributed by atoms with Crippen molar-refractivity contribution in [1.29, 1.82) is 0 Å². The number of aryl methyl sites for hydroxylation is 1. The van der Waals surface area contributed by atoms with Crippen LogP contribution in [0.25, 0.3) is 0 Å². The highest BCUT2D eigenvalue weighted by molar-refractivity contribution is 5.96. The molecule has 0 radical (unpaired) electrons. The monoisotopic (exact) mass is 389 g/mol. The van der Waals surface area contributed by atoms with Crippen LogP contribution in [0, 0.1) is 23.0 Å². The molecule has 9 heteroatoms. The van der Waals surface area contributed by atoms with Gasteiger partial charge in [0.25, 0.3) is 11.6 Å². The summed E-state index contributed by atoms with van der Waals surface area (Å²) in [6, 6.07) is 4.65. The molecule has 0 aromatic heterocycles. The molecule has 1 heterocycles. The summed E-state index contributed by atoms with van der Waals surface area (Å²) >= 11 is 0. The summed E-state index contributed by atoms with van der Waals surface area (Å²) in [5.74, 6) is -1.88. The van der Waals surface area contributed by atoms with Crippen molar-refractivity contribution in [2.45, 2.75) is 45.1 Å². The first-order valence-corrected chi connectivity index (χ1v) is 9.36. The number of esters is 1. The lowest BCUT2D eigenvalue weighted by molar-refractivity contribution is -0.384. The lowest BCUT2D eigenvalue weighted by Crippen LogP contribution is -2.35. The van der Waals surface area contributed by atoms with E-state index < -0.39 is 29.3 Å². The van der Waals surface area contributed by atoms with E-state index in [1.807, 2.05) is 0 Å². The van der Waals surface area contributed by atoms with Gasteiger partial charge in [-0.05, 0) is 25.3 Å². The van der Waals surface area contributed by atoms with Crippen molar-refractivity contribution in [2.75, 3.05) is 18.5 Å². The minimum atomic E-state index is -0.664. The number of nitrogens with one attached hydrogen (secondary N) is 1. The number of rotatable bonds is 6. The predicted octanol–water partition coefficient (Wildman–Crippen LogP) is 2.18. The van der Waals surface area contributed by atoms with Gasteiger partial charge in [-0.2, -0.15) is 0 Å². The number of likely N-dealkylation sites (tertiary alicyclic amines) is 1. The van der Waals surface area contributed by atoms with E-state index in [0.29, 0.717) is 12.1 Å². The molecule has 1 aliphatic carbocycles. The Bertz CT molecular complexity index is 803. The largest absolute Gasteiger partial charge is 0.455 e. The summed E-state index contributed by atoms with van der Waals surface area (Å²) in [6.07, 6.45) is 4.21. The summed E-state index contributed by atoms with van der Waals surface area (Å²) < 4.78 is 5.06. The zero-order valence-corrected chi connectivity index (χ0v) is 15.7. The Balaban J connectivity index is 1.53. The normalized spacial score (nSPS) is 19.7. The van der Waals surface area contributed by atoms with Gasteiger partial charge in [0.15, 0.2) is 6.61 Å². The van der Waals surface area contributed by atoms with E-state index in [2.05, 4.69) is 5.32 Å². The summed E-state index contributed by atoms with van der Waals surface area (Å²) in [4.78, 5) is 48.8. The summed E-state index contributed by atoms with van der Waals surface area (Å²) in [5, 5.41) is 13.5. The zero-order valence-electron chi connectivity index (χ0n) is 15.7. The Morgan fingerprint density at radius 1 is 1.32 bits per heavy atom. The number of hydrogen-bond donors (Lipinski definition) is 1. The third-order valence-electron chi connectivity index (χ3n) is 5.31. The molecule has 28 heavy (non-hydrogen) atoms. The van der Waals surface area contributed by atoms with E-state index in [4.69, 9.17) is 4.74 Å². The number of anilines is 1. The molecule has 2 fully saturated rings. The van der Waals surface area contributed by atoms with Crippen LogP contribution in [0.3, 0.4) is 0 Å². The standard InChI is InChI=1S/C19H23N3O6/c1-12-5-4-8-15(22(26)27)18(12)20-16(23)11-28-19(25)13-9-17(24)21(10-13)14-6-2-3-7-14/h4-5,8,13-14H,2-3,6-7,9-11H2,1H3,(H,20,23)/t13-/m0/s1. The Morgan fingerprint density at radius 2 is 2.04 bits per heavy atom. The number of para-hydroxylation sites is 1. The van der Waals surface area contributed by atoms with Crippen LogP contribution < -0.4 is 5.32 Å². The first kappa shape index (κ1) is 19.8. The first-order valence-electron chi connectivity index (χ1n) is 9.36. The molecule has 1 N–H and O–H groups in total. The molecule has 3 rings (SSSR count). The van der Waals surface area contributed by atoms with Crippen molar-refractivity contribution in [1.82, 2.24) is 4.90 Å². The summed E-state index contributed by atoms with van der Waals surface area (Å²) in [7, 11) is 0. The maximum atomic E-state index is 12.3. The van der Waals surface area contributed by atoms with Crippen molar-refractivity contribution in [3.8, 4) is 0 Å². The fourth-order valence-electron chi connectivity index (χ4n) is 3.86. The van der Waals surface area contributed by atoms with E-state index in [0.717, 1.165) is 25.7 Å². The van der Waals surface area contributed by atoms with Gasteiger partial charge in [-0.25, -0.2) is 0 Å². The van der Waals surface area contributed by atoms with Crippen LogP contribution in [0.15, 0.2) is 18.2 Å². The maximum absolute atomic E-state index is 12.3. The Hall–Kier alpha value is -2.97. The quantitative estimate of drug-likeness (QED) is 0.452. The fourth-order valence-corrected chi connectivity index (χ4v) is 3.86. The molecule has 9 nitrogen and oxygen atoms in total. The number of ether oxygens (including phenoxy) is 1. The molecule has 0 bridgehead atoms. The number of amides is 2. The molecule has 1 saturated carbocycles. The van der Waals surface area contributed by atoms with Crippen LogP contribution >= 0.6 is 0 Å². The van der Waals surface area contributed by atoms with Crippen LogP contribution in [0.4, 0.5) is 11.4 Å². The van der Waals surface area contributed by atoms with Crippen LogP contribution in [0.2, 0.25) is 0 Å². The highest BCUT2D eigenvalue weighted by Crippen LogP contribution is 2.30. The molecular formula is C19H23N3O6. The number of nitro benzene ring substituents is 1. The van der Waals surface area contributed by atoms with Gasteiger partial charge in [0.05, 0.1) is 10.8 Å². The third kappa shape index (κ3) is 4.29. The lowest BCUT2D eigenvalue weighted by Gasteiger charge is -2.23. The third-order valence-corrected chi connectivity index (χ3v) is 5.31. The summed E-state index contributed by atoms with van der Waals surface area (Å²) in [6.45, 7) is 1.40. The van der Waals surface area contributed by atoms with E-state index >= 15 is 0 Å². The molecule has 1 saturated heterocycles. The zero-order chi connectivity index (χ0) is 20.3. The van der Waals surface area contributed by atoms with Crippen molar-refractivity contribution in [2.24, 2.45) is 5.92 Å². The fraction of sp³-hybridized carbons (Fsp3) is 0.526. The van der Waals surface area contributed by atoms with E-state index in [9.17, 15) is 24.5 Å². The highest BCUT2D eigenvalue weighted by Gasteiger charge is 2.39. The number of carbonyl (C=O) groups is 3.